The van der Waals surface area contributed by atoms with Gasteiger partial charge in [-0.15, -0.1) is 11.6 Å². The Morgan fingerprint density at radius 3 is 2.32 bits per heavy atom. The van der Waals surface area contributed by atoms with Crippen molar-refractivity contribution >= 4 is 50.1 Å². The highest BCUT2D eigenvalue weighted by Gasteiger charge is 2.26. The van der Waals surface area contributed by atoms with Gasteiger partial charge >= 0.3 is 0 Å². The predicted molar refractivity (Wildman–Crippen MR) is 148 cm³/mol. The van der Waals surface area contributed by atoms with E-state index >= 15 is 0 Å². The Kier molecular flexibility index (Phi) is 7.60. The molecular weight excluding hydrogens is 531 g/mol. The standard InChI is InChI=1S/C27H24Cl2N4O3S/c1-27(2,20-14-18(16-30)26(21(29)15-20)36-13-12-28)19-6-4-17(5-7-19)22-8-9-24-23(31-22)10-11-25(32-24)33-37(3,34)35/h4-11,14-15H,12-13H2,1-3H3,(H,32,33). The topological polar surface area (TPSA) is 105 Å². The molecule has 1 N–H and O–H groups in total. The van der Waals surface area contributed by atoms with E-state index in [1.165, 1.54) is 0 Å². The average molecular weight is 555 g/mol. The fraction of sp³-hybridized carbons (Fsp3) is 0.222. The van der Waals surface area contributed by atoms with Crippen molar-refractivity contribution in [3.05, 3.63) is 82.4 Å². The highest BCUT2D eigenvalue weighted by molar-refractivity contribution is 7.92. The Bertz CT molecular complexity index is 1620. The summed E-state index contributed by atoms with van der Waals surface area (Å²) in [7, 11) is -3.41. The van der Waals surface area contributed by atoms with Crippen molar-refractivity contribution in [1.82, 2.24) is 9.97 Å². The Balaban J connectivity index is 1.62. The Labute approximate surface area is 226 Å². The third-order valence-corrected chi connectivity index (χ3v) is 6.96. The largest absolute Gasteiger partial charge is 0.489 e. The normalized spacial score (nSPS) is 11.8. The van der Waals surface area contributed by atoms with Crippen molar-refractivity contribution in [3.63, 3.8) is 0 Å². The van der Waals surface area contributed by atoms with Crippen molar-refractivity contribution < 1.29 is 13.2 Å². The summed E-state index contributed by atoms with van der Waals surface area (Å²) >= 11 is 12.2. The van der Waals surface area contributed by atoms with Crippen molar-refractivity contribution in [3.8, 4) is 23.1 Å². The number of benzene rings is 2. The van der Waals surface area contributed by atoms with Gasteiger partial charge in [-0.1, -0.05) is 49.7 Å². The zero-order chi connectivity index (χ0) is 26.8. The SMILES string of the molecule is CC(C)(c1ccc(-c2ccc3nc(NS(C)(=O)=O)ccc3n2)cc1)c1cc(Cl)c(OCCCl)c(C#N)c1. The first kappa shape index (κ1) is 26.7. The predicted octanol–water partition coefficient (Wildman–Crippen LogP) is 6.14. The summed E-state index contributed by atoms with van der Waals surface area (Å²) in [6.45, 7) is 4.39. The van der Waals surface area contributed by atoms with Gasteiger partial charge in [0.05, 0.1) is 39.4 Å². The van der Waals surface area contributed by atoms with E-state index in [9.17, 15) is 13.7 Å². The van der Waals surface area contributed by atoms with Crippen molar-refractivity contribution in [1.29, 1.82) is 5.26 Å². The van der Waals surface area contributed by atoms with Gasteiger partial charge in [0.1, 0.15) is 18.5 Å². The minimum absolute atomic E-state index is 0.245. The molecule has 0 radical (unpaired) electrons. The molecule has 0 aliphatic heterocycles. The number of anilines is 1. The lowest BCUT2D eigenvalue weighted by Gasteiger charge is -2.27. The molecule has 10 heteroatoms. The van der Waals surface area contributed by atoms with Gasteiger partial charge in [-0.2, -0.15) is 5.26 Å². The van der Waals surface area contributed by atoms with Crippen LogP contribution in [-0.4, -0.2) is 37.1 Å². The molecule has 190 valence electrons. The van der Waals surface area contributed by atoms with E-state index in [4.69, 9.17) is 27.9 Å². The molecule has 0 fully saturated rings. The van der Waals surface area contributed by atoms with Crippen LogP contribution >= 0.6 is 23.2 Å². The number of nitrogens with zero attached hydrogens (tertiary/aromatic N) is 3. The first-order chi connectivity index (χ1) is 17.5. The Morgan fingerprint density at radius 2 is 1.68 bits per heavy atom. The quantitative estimate of drug-likeness (QED) is 0.262. The summed E-state index contributed by atoms with van der Waals surface area (Å²) in [5.41, 5.74) is 4.75. The highest BCUT2D eigenvalue weighted by Crippen LogP contribution is 2.38. The number of pyridine rings is 2. The van der Waals surface area contributed by atoms with E-state index in [-0.39, 0.29) is 12.4 Å². The van der Waals surface area contributed by atoms with Crippen molar-refractivity contribution in [2.24, 2.45) is 0 Å². The van der Waals surface area contributed by atoms with E-state index in [1.54, 1.807) is 18.2 Å². The Hall–Kier alpha value is -3.38. The maximum atomic E-state index is 11.5. The van der Waals surface area contributed by atoms with Crippen LogP contribution in [0.4, 0.5) is 5.82 Å². The van der Waals surface area contributed by atoms with E-state index in [0.29, 0.717) is 33.2 Å². The number of alkyl halides is 1. The monoisotopic (exact) mass is 554 g/mol. The highest BCUT2D eigenvalue weighted by atomic mass is 35.5. The number of aromatic nitrogens is 2. The molecule has 0 saturated carbocycles. The molecule has 0 unspecified atom stereocenters. The maximum absolute atomic E-state index is 11.5. The number of rotatable bonds is 8. The lowest BCUT2D eigenvalue weighted by Crippen LogP contribution is -2.19. The lowest BCUT2D eigenvalue weighted by atomic mass is 9.77. The van der Waals surface area contributed by atoms with Gasteiger partial charge in [-0.3, -0.25) is 4.72 Å². The van der Waals surface area contributed by atoms with Crippen LogP contribution in [-0.2, 0) is 15.4 Å². The fourth-order valence-electron chi connectivity index (χ4n) is 3.97. The molecule has 0 spiro atoms. The molecule has 0 saturated heterocycles. The van der Waals surface area contributed by atoms with Gasteiger partial charge in [0, 0.05) is 11.0 Å². The first-order valence-corrected chi connectivity index (χ1v) is 14.1. The zero-order valence-electron chi connectivity index (χ0n) is 20.4. The minimum Gasteiger partial charge on any atom is -0.489 e. The van der Waals surface area contributed by atoms with Crippen LogP contribution in [0.1, 0.15) is 30.5 Å². The van der Waals surface area contributed by atoms with Crippen LogP contribution in [0.25, 0.3) is 22.3 Å². The summed E-state index contributed by atoms with van der Waals surface area (Å²) in [6, 6.07) is 20.8. The van der Waals surface area contributed by atoms with Gasteiger partial charge < -0.3 is 4.74 Å². The third kappa shape index (κ3) is 5.96. The molecule has 0 aliphatic carbocycles. The second-order valence-electron chi connectivity index (χ2n) is 8.99. The summed E-state index contributed by atoms with van der Waals surface area (Å²) in [5.74, 6) is 0.885. The van der Waals surface area contributed by atoms with Crippen LogP contribution < -0.4 is 9.46 Å². The van der Waals surface area contributed by atoms with E-state index in [1.807, 2.05) is 42.5 Å². The first-order valence-electron chi connectivity index (χ1n) is 11.3. The summed E-state index contributed by atoms with van der Waals surface area (Å²) in [6.07, 6.45) is 1.08. The van der Waals surface area contributed by atoms with Gasteiger partial charge in [-0.05, 0) is 47.5 Å². The van der Waals surface area contributed by atoms with Crippen molar-refractivity contribution in [2.75, 3.05) is 23.5 Å². The molecule has 4 aromatic rings. The number of nitriles is 1. The lowest BCUT2D eigenvalue weighted by molar-refractivity contribution is 0.341. The number of hydrogen-bond donors (Lipinski definition) is 1. The molecule has 0 atom stereocenters. The van der Waals surface area contributed by atoms with Crippen molar-refractivity contribution in [2.45, 2.75) is 19.3 Å². The zero-order valence-corrected chi connectivity index (χ0v) is 22.7. The van der Waals surface area contributed by atoms with E-state index in [2.05, 4.69) is 34.6 Å². The van der Waals surface area contributed by atoms with Gasteiger partial charge in [0.25, 0.3) is 0 Å². The summed E-state index contributed by atoms with van der Waals surface area (Å²) in [4.78, 5) is 9.00. The maximum Gasteiger partial charge on any atom is 0.230 e. The van der Waals surface area contributed by atoms with Gasteiger partial charge in [0.2, 0.25) is 10.0 Å². The molecule has 0 aliphatic rings. The Morgan fingerprint density at radius 1 is 1.00 bits per heavy atom. The van der Waals surface area contributed by atoms with Crippen LogP contribution in [0, 0.1) is 11.3 Å². The van der Waals surface area contributed by atoms with Gasteiger partial charge in [0.15, 0.2) is 5.75 Å². The number of fused-ring (bicyclic) bond motifs is 1. The third-order valence-electron chi connectivity index (χ3n) is 5.94. The number of ether oxygens (including phenoxy) is 1. The minimum atomic E-state index is -3.41. The molecule has 2 heterocycles. The molecule has 2 aromatic carbocycles. The molecule has 0 amide bonds. The molecule has 37 heavy (non-hydrogen) atoms. The number of halogens is 2. The van der Waals surface area contributed by atoms with Crippen LogP contribution in [0.15, 0.2) is 60.7 Å². The summed E-state index contributed by atoms with van der Waals surface area (Å²) in [5, 5.41) is 10.0. The molecule has 4 rings (SSSR count). The van der Waals surface area contributed by atoms with Crippen LogP contribution in [0.5, 0.6) is 5.75 Å². The number of nitrogens with one attached hydrogen (secondary N) is 1. The van der Waals surface area contributed by atoms with Crippen LogP contribution in [0.3, 0.4) is 0 Å². The number of hydrogen-bond acceptors (Lipinski definition) is 6. The average Bonchev–Trinajstić information content (AvgIpc) is 2.86. The second-order valence-corrected chi connectivity index (χ2v) is 11.5. The van der Waals surface area contributed by atoms with E-state index in [0.717, 1.165) is 28.6 Å². The van der Waals surface area contributed by atoms with Gasteiger partial charge in [-0.25, -0.2) is 18.4 Å². The van der Waals surface area contributed by atoms with Crippen LogP contribution in [0.2, 0.25) is 5.02 Å². The fourth-order valence-corrected chi connectivity index (χ4v) is 4.81. The summed E-state index contributed by atoms with van der Waals surface area (Å²) < 4.78 is 30.9. The molecule has 0 bridgehead atoms. The molecule has 7 nitrogen and oxygen atoms in total. The molecular formula is C27H24Cl2N4O3S. The second kappa shape index (κ2) is 10.5. The molecule has 2 aromatic heterocycles. The van der Waals surface area contributed by atoms with E-state index < -0.39 is 15.4 Å². The smallest absolute Gasteiger partial charge is 0.230 e. The number of sulfonamides is 1.